The van der Waals surface area contributed by atoms with Gasteiger partial charge in [0.15, 0.2) is 6.29 Å². The molecule has 0 spiro atoms. The minimum absolute atomic E-state index is 0.333. The standard InChI is InChI=1S/C13H14N2O2S/c1-8-4-5-12(11(6-16)14-8)17-7-13-15-9(2)10(3)18-13/h4-6H,7H2,1-3H3. The van der Waals surface area contributed by atoms with Crippen LogP contribution in [0.3, 0.4) is 0 Å². The highest BCUT2D eigenvalue weighted by Gasteiger charge is 2.08. The fourth-order valence-corrected chi connectivity index (χ4v) is 2.36. The van der Waals surface area contributed by atoms with Gasteiger partial charge in [-0.05, 0) is 32.9 Å². The van der Waals surface area contributed by atoms with Crippen LogP contribution in [0.1, 0.15) is 31.8 Å². The van der Waals surface area contributed by atoms with E-state index in [1.807, 2.05) is 26.8 Å². The molecule has 18 heavy (non-hydrogen) atoms. The van der Waals surface area contributed by atoms with Crippen molar-refractivity contribution in [1.82, 2.24) is 9.97 Å². The first-order valence-corrected chi connectivity index (χ1v) is 6.40. The first-order valence-electron chi connectivity index (χ1n) is 5.58. The number of thiazole rings is 1. The highest BCUT2D eigenvalue weighted by atomic mass is 32.1. The van der Waals surface area contributed by atoms with Gasteiger partial charge in [-0.1, -0.05) is 0 Å². The predicted octanol–water partition coefficient (Wildman–Crippen LogP) is 2.85. The van der Waals surface area contributed by atoms with Gasteiger partial charge in [0, 0.05) is 10.6 Å². The van der Waals surface area contributed by atoms with Crippen molar-refractivity contribution in [3.8, 4) is 5.75 Å². The first kappa shape index (κ1) is 12.7. The number of hydrogen-bond acceptors (Lipinski definition) is 5. The van der Waals surface area contributed by atoms with E-state index in [9.17, 15) is 4.79 Å². The topological polar surface area (TPSA) is 52.1 Å². The molecule has 0 aliphatic carbocycles. The molecule has 0 saturated carbocycles. The Morgan fingerprint density at radius 1 is 1.28 bits per heavy atom. The second-order valence-electron chi connectivity index (χ2n) is 3.99. The minimum Gasteiger partial charge on any atom is -0.484 e. The van der Waals surface area contributed by atoms with Crippen LogP contribution < -0.4 is 4.74 Å². The molecule has 2 aromatic rings. The summed E-state index contributed by atoms with van der Waals surface area (Å²) in [5, 5.41) is 0.905. The molecule has 0 fully saturated rings. The molecule has 2 heterocycles. The monoisotopic (exact) mass is 262 g/mol. The van der Waals surface area contributed by atoms with Gasteiger partial charge in [0.25, 0.3) is 0 Å². The Labute approximate surface area is 110 Å². The number of carbonyl (C=O) groups is 1. The molecule has 2 aromatic heterocycles. The fraction of sp³-hybridized carbons (Fsp3) is 0.308. The third kappa shape index (κ3) is 2.73. The van der Waals surface area contributed by atoms with Gasteiger partial charge in [-0.25, -0.2) is 9.97 Å². The Hall–Kier alpha value is -1.75. The summed E-state index contributed by atoms with van der Waals surface area (Å²) in [5.41, 5.74) is 2.15. The van der Waals surface area contributed by atoms with Crippen molar-refractivity contribution in [2.75, 3.05) is 0 Å². The number of carbonyl (C=O) groups excluding carboxylic acids is 1. The van der Waals surface area contributed by atoms with E-state index in [-0.39, 0.29) is 0 Å². The maximum atomic E-state index is 10.9. The van der Waals surface area contributed by atoms with Gasteiger partial charge in [0.05, 0.1) is 5.69 Å². The van der Waals surface area contributed by atoms with Crippen molar-refractivity contribution in [1.29, 1.82) is 0 Å². The van der Waals surface area contributed by atoms with Gasteiger partial charge in [-0.3, -0.25) is 4.79 Å². The Bertz CT molecular complexity index is 559. The number of aromatic nitrogens is 2. The average Bonchev–Trinajstić information content (AvgIpc) is 2.67. The van der Waals surface area contributed by atoms with Crippen LogP contribution >= 0.6 is 11.3 Å². The summed E-state index contributed by atoms with van der Waals surface area (Å²) in [4.78, 5) is 20.6. The van der Waals surface area contributed by atoms with Crippen LogP contribution in [0.2, 0.25) is 0 Å². The molecule has 2 rings (SSSR count). The Kier molecular flexibility index (Phi) is 3.72. The average molecular weight is 262 g/mol. The summed E-state index contributed by atoms with van der Waals surface area (Å²) < 4.78 is 5.59. The van der Waals surface area contributed by atoms with Gasteiger partial charge >= 0.3 is 0 Å². The lowest BCUT2D eigenvalue weighted by Crippen LogP contribution is -2.00. The second kappa shape index (κ2) is 5.27. The smallest absolute Gasteiger partial charge is 0.172 e. The van der Waals surface area contributed by atoms with Crippen molar-refractivity contribution in [3.63, 3.8) is 0 Å². The van der Waals surface area contributed by atoms with Gasteiger partial charge in [-0.2, -0.15) is 0 Å². The van der Waals surface area contributed by atoms with E-state index >= 15 is 0 Å². The summed E-state index contributed by atoms with van der Waals surface area (Å²) >= 11 is 1.61. The van der Waals surface area contributed by atoms with E-state index in [1.54, 1.807) is 17.4 Å². The van der Waals surface area contributed by atoms with Crippen LogP contribution in [-0.2, 0) is 6.61 Å². The van der Waals surface area contributed by atoms with E-state index in [0.717, 1.165) is 16.4 Å². The van der Waals surface area contributed by atoms with Crippen LogP contribution in [0, 0.1) is 20.8 Å². The molecule has 0 radical (unpaired) electrons. The zero-order valence-corrected chi connectivity index (χ0v) is 11.4. The molecule has 0 N–H and O–H groups in total. The van der Waals surface area contributed by atoms with E-state index in [4.69, 9.17) is 4.74 Å². The molecular weight excluding hydrogens is 248 g/mol. The maximum absolute atomic E-state index is 10.9. The summed E-state index contributed by atoms with van der Waals surface area (Å²) in [7, 11) is 0. The number of aldehydes is 1. The van der Waals surface area contributed by atoms with Crippen molar-refractivity contribution in [2.45, 2.75) is 27.4 Å². The zero-order valence-electron chi connectivity index (χ0n) is 10.6. The van der Waals surface area contributed by atoms with Crippen molar-refractivity contribution in [3.05, 3.63) is 39.1 Å². The maximum Gasteiger partial charge on any atom is 0.172 e. The molecule has 94 valence electrons. The van der Waals surface area contributed by atoms with Gasteiger partial charge in [-0.15, -0.1) is 11.3 Å². The van der Waals surface area contributed by atoms with Crippen LogP contribution in [0.5, 0.6) is 5.75 Å². The summed E-state index contributed by atoms with van der Waals surface area (Å²) in [6.45, 7) is 6.20. The van der Waals surface area contributed by atoms with Gasteiger partial charge in [0.2, 0.25) is 0 Å². The number of hydrogen-bond donors (Lipinski definition) is 0. The lowest BCUT2D eigenvalue weighted by molar-refractivity contribution is 0.111. The Morgan fingerprint density at radius 3 is 2.67 bits per heavy atom. The van der Waals surface area contributed by atoms with Crippen LogP contribution in [0.15, 0.2) is 12.1 Å². The quantitative estimate of drug-likeness (QED) is 0.795. The molecule has 0 aliphatic heterocycles. The van der Waals surface area contributed by atoms with E-state index in [0.29, 0.717) is 24.3 Å². The number of nitrogens with zero attached hydrogens (tertiary/aromatic N) is 2. The zero-order chi connectivity index (χ0) is 13.1. The predicted molar refractivity (Wildman–Crippen MR) is 70.3 cm³/mol. The largest absolute Gasteiger partial charge is 0.484 e. The molecule has 0 atom stereocenters. The second-order valence-corrected chi connectivity index (χ2v) is 5.28. The normalized spacial score (nSPS) is 10.4. The summed E-state index contributed by atoms with van der Waals surface area (Å²) in [5.74, 6) is 0.501. The third-order valence-corrected chi connectivity index (χ3v) is 3.61. The summed E-state index contributed by atoms with van der Waals surface area (Å²) in [6, 6.07) is 3.58. The molecule has 0 aromatic carbocycles. The van der Waals surface area contributed by atoms with Crippen LogP contribution in [-0.4, -0.2) is 16.3 Å². The third-order valence-electron chi connectivity index (χ3n) is 2.56. The van der Waals surface area contributed by atoms with Crippen LogP contribution in [0.4, 0.5) is 0 Å². The number of rotatable bonds is 4. The van der Waals surface area contributed by atoms with E-state index < -0.39 is 0 Å². The molecule has 0 bridgehead atoms. The highest BCUT2D eigenvalue weighted by molar-refractivity contribution is 7.11. The Morgan fingerprint density at radius 2 is 2.06 bits per heavy atom. The lowest BCUT2D eigenvalue weighted by atomic mass is 10.3. The Balaban J connectivity index is 2.12. The van der Waals surface area contributed by atoms with Gasteiger partial charge < -0.3 is 4.74 Å². The fourth-order valence-electron chi connectivity index (χ4n) is 1.51. The van der Waals surface area contributed by atoms with Crippen molar-refractivity contribution >= 4 is 17.6 Å². The molecule has 5 heteroatoms. The minimum atomic E-state index is 0.333. The van der Waals surface area contributed by atoms with E-state index in [2.05, 4.69) is 9.97 Å². The van der Waals surface area contributed by atoms with Crippen molar-refractivity contribution in [2.24, 2.45) is 0 Å². The summed E-state index contributed by atoms with van der Waals surface area (Å²) in [6.07, 6.45) is 0.709. The SMILES string of the molecule is Cc1ccc(OCc2nc(C)c(C)s2)c(C=O)n1. The van der Waals surface area contributed by atoms with Gasteiger partial charge in [0.1, 0.15) is 23.1 Å². The molecule has 0 aliphatic rings. The molecular formula is C13H14N2O2S. The number of aryl methyl sites for hydroxylation is 3. The van der Waals surface area contributed by atoms with E-state index in [1.165, 1.54) is 4.88 Å². The lowest BCUT2D eigenvalue weighted by Gasteiger charge is -2.06. The number of pyridine rings is 1. The van der Waals surface area contributed by atoms with Crippen LogP contribution in [0.25, 0.3) is 0 Å². The molecule has 0 amide bonds. The molecule has 0 saturated heterocycles. The highest BCUT2D eigenvalue weighted by Crippen LogP contribution is 2.20. The molecule has 0 unspecified atom stereocenters. The first-order chi connectivity index (χ1) is 8.60. The molecule has 4 nitrogen and oxygen atoms in total. The van der Waals surface area contributed by atoms with Crippen molar-refractivity contribution < 1.29 is 9.53 Å². The number of ether oxygens (including phenoxy) is 1.